The molecule has 0 atom stereocenters. The molecule has 1 fully saturated rings. The van der Waals surface area contributed by atoms with Crippen molar-refractivity contribution >= 4 is 22.5 Å². The molecule has 1 aliphatic rings. The molecule has 7 heteroatoms. The van der Waals surface area contributed by atoms with Crippen molar-refractivity contribution in [1.29, 1.82) is 0 Å². The monoisotopic (exact) mass is 305 g/mol. The largest absolute Gasteiger partial charge is 0.384 e. The molecule has 0 radical (unpaired) electrons. The van der Waals surface area contributed by atoms with E-state index in [2.05, 4.69) is 49.2 Å². The van der Waals surface area contributed by atoms with Crippen LogP contribution in [0.15, 0.2) is 36.8 Å². The third-order valence-electron chi connectivity index (χ3n) is 4.31. The number of hydrogen-bond acceptors (Lipinski definition) is 5. The maximum atomic E-state index is 5.76. The predicted octanol–water partition coefficient (Wildman–Crippen LogP) is 1.98. The van der Waals surface area contributed by atoms with Crippen LogP contribution in [0.4, 0.5) is 5.82 Å². The number of rotatable bonds is 3. The molecular weight excluding hydrogens is 290 g/mol. The van der Waals surface area contributed by atoms with Crippen LogP contribution in [0.3, 0.4) is 0 Å². The Kier molecular flexibility index (Phi) is 2.47. The summed E-state index contributed by atoms with van der Waals surface area (Å²) in [6.07, 6.45) is 8.48. The maximum absolute atomic E-state index is 5.76. The summed E-state index contributed by atoms with van der Waals surface area (Å²) in [6.45, 7) is 0.556. The Labute approximate surface area is 131 Å². The van der Waals surface area contributed by atoms with Crippen molar-refractivity contribution in [3.05, 3.63) is 48.0 Å². The number of aromatic nitrogens is 6. The molecule has 4 heterocycles. The summed E-state index contributed by atoms with van der Waals surface area (Å²) in [5.41, 5.74) is 10.7. The molecule has 0 bridgehead atoms. The molecule has 4 aromatic heterocycles. The van der Waals surface area contributed by atoms with Gasteiger partial charge >= 0.3 is 0 Å². The van der Waals surface area contributed by atoms with Crippen molar-refractivity contribution in [2.75, 3.05) is 5.73 Å². The zero-order valence-corrected chi connectivity index (χ0v) is 12.4. The van der Waals surface area contributed by atoms with E-state index in [-0.39, 0.29) is 0 Å². The smallest absolute Gasteiger partial charge is 0.137 e. The molecule has 0 aliphatic heterocycles. The van der Waals surface area contributed by atoms with Gasteiger partial charge in [0.05, 0.1) is 24.0 Å². The summed E-state index contributed by atoms with van der Waals surface area (Å²) >= 11 is 0. The highest BCUT2D eigenvalue weighted by Gasteiger charge is 2.23. The molecule has 0 amide bonds. The van der Waals surface area contributed by atoms with Crippen molar-refractivity contribution < 1.29 is 0 Å². The highest BCUT2D eigenvalue weighted by molar-refractivity contribution is 5.75. The van der Waals surface area contributed by atoms with Gasteiger partial charge in [0.2, 0.25) is 0 Å². The number of nitrogens with zero attached hydrogens (tertiary/aromatic N) is 6. The Morgan fingerprint density at radius 2 is 2.13 bits per heavy atom. The van der Waals surface area contributed by atoms with Gasteiger partial charge in [-0.3, -0.25) is 0 Å². The quantitative estimate of drug-likeness (QED) is 0.625. The molecule has 1 aliphatic carbocycles. The minimum atomic E-state index is 0.463. The van der Waals surface area contributed by atoms with Gasteiger partial charge in [0, 0.05) is 18.5 Å². The number of pyridine rings is 2. The number of hydrogen-bond donors (Lipinski definition) is 1. The zero-order chi connectivity index (χ0) is 15.4. The zero-order valence-electron chi connectivity index (χ0n) is 12.4. The van der Waals surface area contributed by atoms with E-state index in [0.29, 0.717) is 12.4 Å². The molecule has 1 saturated carbocycles. The molecule has 0 unspecified atom stereocenters. The summed E-state index contributed by atoms with van der Waals surface area (Å²) < 4.78 is 3.90. The number of fused-ring (bicyclic) bond motifs is 2. The first-order chi connectivity index (χ1) is 11.3. The van der Waals surface area contributed by atoms with E-state index in [4.69, 9.17) is 5.73 Å². The molecule has 0 spiro atoms. The molecule has 0 aromatic carbocycles. The van der Waals surface area contributed by atoms with Gasteiger partial charge in [0.1, 0.15) is 17.0 Å². The Hall–Kier alpha value is -2.96. The third-order valence-corrected chi connectivity index (χ3v) is 4.31. The SMILES string of the molecule is Nc1cc2c(cn1)nnn2Cc1cn2cc(C3CC3)ccc2n1. The predicted molar refractivity (Wildman–Crippen MR) is 86.0 cm³/mol. The average Bonchev–Trinajstić information content (AvgIpc) is 3.22. The van der Waals surface area contributed by atoms with Gasteiger partial charge in [-0.25, -0.2) is 14.6 Å². The number of nitrogens with two attached hydrogens (primary N) is 1. The van der Waals surface area contributed by atoms with E-state index in [1.807, 2.05) is 0 Å². The van der Waals surface area contributed by atoms with Crippen LogP contribution in [0.2, 0.25) is 0 Å². The van der Waals surface area contributed by atoms with Gasteiger partial charge in [-0.15, -0.1) is 5.10 Å². The standard InChI is InChI=1S/C16H15N7/c17-15-5-14-13(6-18-15)20-21-23(14)9-12-8-22-7-11(10-1-2-10)3-4-16(22)19-12/h3-8,10H,1-2,9H2,(H2,17,18). The second kappa shape index (κ2) is 4.52. The fraction of sp³-hybridized carbons (Fsp3) is 0.250. The van der Waals surface area contributed by atoms with Gasteiger partial charge in [-0.1, -0.05) is 11.3 Å². The Balaban J connectivity index is 1.53. The van der Waals surface area contributed by atoms with E-state index in [1.165, 1.54) is 18.4 Å². The highest BCUT2D eigenvalue weighted by Crippen LogP contribution is 2.39. The van der Waals surface area contributed by atoms with Gasteiger partial charge in [0.15, 0.2) is 0 Å². The summed E-state index contributed by atoms with van der Waals surface area (Å²) in [5, 5.41) is 8.30. The molecule has 4 aromatic rings. The molecule has 114 valence electrons. The lowest BCUT2D eigenvalue weighted by atomic mass is 10.2. The van der Waals surface area contributed by atoms with Crippen molar-refractivity contribution in [2.24, 2.45) is 0 Å². The minimum absolute atomic E-state index is 0.463. The average molecular weight is 305 g/mol. The maximum Gasteiger partial charge on any atom is 0.137 e. The van der Waals surface area contributed by atoms with Crippen LogP contribution in [-0.4, -0.2) is 29.4 Å². The van der Waals surface area contributed by atoms with Crippen LogP contribution < -0.4 is 5.73 Å². The molecule has 0 saturated heterocycles. The van der Waals surface area contributed by atoms with Crippen LogP contribution in [-0.2, 0) is 6.54 Å². The topological polar surface area (TPSA) is 86.9 Å². The van der Waals surface area contributed by atoms with Crippen molar-refractivity contribution in [3.8, 4) is 0 Å². The molecular formula is C16H15N7. The van der Waals surface area contributed by atoms with Crippen LogP contribution >= 0.6 is 0 Å². The molecule has 23 heavy (non-hydrogen) atoms. The fourth-order valence-electron chi connectivity index (χ4n) is 2.95. The number of nitrogen functional groups attached to an aromatic ring is 1. The van der Waals surface area contributed by atoms with E-state index in [1.54, 1.807) is 16.9 Å². The Morgan fingerprint density at radius 3 is 3.00 bits per heavy atom. The number of anilines is 1. The van der Waals surface area contributed by atoms with Gasteiger partial charge in [-0.2, -0.15) is 0 Å². The summed E-state index contributed by atoms with van der Waals surface area (Å²) in [5.74, 6) is 1.20. The minimum Gasteiger partial charge on any atom is -0.384 e. The Bertz CT molecular complexity index is 1030. The van der Waals surface area contributed by atoms with E-state index in [0.717, 1.165) is 28.3 Å². The molecule has 2 N–H and O–H groups in total. The van der Waals surface area contributed by atoms with Crippen LogP contribution in [0.1, 0.15) is 30.0 Å². The highest BCUT2D eigenvalue weighted by atomic mass is 15.4. The summed E-state index contributed by atoms with van der Waals surface area (Å²) in [6, 6.07) is 6.05. The first-order valence-corrected chi connectivity index (χ1v) is 7.68. The van der Waals surface area contributed by atoms with E-state index in [9.17, 15) is 0 Å². The lowest BCUT2D eigenvalue weighted by molar-refractivity contribution is 0.660. The van der Waals surface area contributed by atoms with Crippen molar-refractivity contribution in [3.63, 3.8) is 0 Å². The lowest BCUT2D eigenvalue weighted by Crippen LogP contribution is -2.02. The summed E-state index contributed by atoms with van der Waals surface area (Å²) in [7, 11) is 0. The Morgan fingerprint density at radius 1 is 1.22 bits per heavy atom. The van der Waals surface area contributed by atoms with Gasteiger partial charge in [-0.05, 0) is 30.4 Å². The van der Waals surface area contributed by atoms with Crippen LogP contribution in [0, 0.1) is 0 Å². The van der Waals surface area contributed by atoms with Crippen molar-refractivity contribution in [1.82, 2.24) is 29.4 Å². The van der Waals surface area contributed by atoms with Crippen LogP contribution in [0.25, 0.3) is 16.7 Å². The lowest BCUT2D eigenvalue weighted by Gasteiger charge is -1.99. The molecule has 5 rings (SSSR count). The second-order valence-corrected chi connectivity index (χ2v) is 6.08. The van der Waals surface area contributed by atoms with Crippen LogP contribution in [0.5, 0.6) is 0 Å². The van der Waals surface area contributed by atoms with Gasteiger partial charge < -0.3 is 10.1 Å². The first kappa shape index (κ1) is 12.6. The third kappa shape index (κ3) is 2.12. The normalized spacial score (nSPS) is 14.8. The first-order valence-electron chi connectivity index (χ1n) is 7.68. The van der Waals surface area contributed by atoms with Crippen molar-refractivity contribution in [2.45, 2.75) is 25.3 Å². The van der Waals surface area contributed by atoms with E-state index < -0.39 is 0 Å². The van der Waals surface area contributed by atoms with Gasteiger partial charge in [0.25, 0.3) is 0 Å². The number of imidazole rings is 1. The fourth-order valence-corrected chi connectivity index (χ4v) is 2.95. The summed E-state index contributed by atoms with van der Waals surface area (Å²) in [4.78, 5) is 8.70. The second-order valence-electron chi connectivity index (χ2n) is 6.08. The van der Waals surface area contributed by atoms with E-state index >= 15 is 0 Å². The molecule has 7 nitrogen and oxygen atoms in total.